The van der Waals surface area contributed by atoms with Crippen LogP contribution in [-0.2, 0) is 32.0 Å². The Hall–Kier alpha value is -4.76. The molecule has 2 aliphatic heterocycles. The van der Waals surface area contributed by atoms with Gasteiger partial charge in [0.15, 0.2) is 0 Å². The highest BCUT2D eigenvalue weighted by molar-refractivity contribution is 6.07. The minimum Gasteiger partial charge on any atom is -0.508 e. The molecule has 4 aliphatic carbocycles. The van der Waals surface area contributed by atoms with Crippen LogP contribution in [0.25, 0.3) is 16.7 Å². The summed E-state index contributed by atoms with van der Waals surface area (Å²) >= 11 is 0. The molecule has 6 aliphatic rings. The fourth-order valence-electron chi connectivity index (χ4n) is 10.2. The minimum absolute atomic E-state index is 0.0219. The third-order valence-corrected chi connectivity index (χ3v) is 12.5. The molecule has 3 aromatic carbocycles. The van der Waals surface area contributed by atoms with Crippen LogP contribution in [0.1, 0.15) is 62.1 Å². The van der Waals surface area contributed by atoms with Crippen LogP contribution >= 0.6 is 0 Å². The van der Waals surface area contributed by atoms with Gasteiger partial charge in [0.2, 0.25) is 0 Å². The lowest BCUT2D eigenvalue weighted by atomic mass is 9.44. The van der Waals surface area contributed by atoms with Crippen molar-refractivity contribution in [3.8, 4) is 16.9 Å². The molecule has 3 aromatic rings. The molecule has 6 atom stereocenters. The van der Waals surface area contributed by atoms with Crippen molar-refractivity contribution in [3.05, 3.63) is 130 Å². The Morgan fingerprint density at radius 3 is 2.52 bits per heavy atom. The summed E-state index contributed by atoms with van der Waals surface area (Å²) in [6.45, 7) is 2.68. The number of allylic oxidation sites excluding steroid dienone is 5. The third kappa shape index (κ3) is 6.14. The zero-order valence-electron chi connectivity index (χ0n) is 31.0. The molecule has 8 heteroatoms. The fraction of sp³-hybridized carbons (Fsp3) is 0.391. The monoisotopic (exact) mass is 727 g/mol. The number of hydrogen-bond acceptors (Lipinski definition) is 8. The summed E-state index contributed by atoms with van der Waals surface area (Å²) in [4.78, 5) is 28.8. The number of carbonyl (C=O) groups is 2. The van der Waals surface area contributed by atoms with Gasteiger partial charge in [-0.15, -0.1) is 0 Å². The predicted octanol–water partition coefficient (Wildman–Crippen LogP) is 7.41. The number of phenolic OH excluding ortho intramolecular Hbond substituents is 1. The summed E-state index contributed by atoms with van der Waals surface area (Å²) in [5.41, 5.74) is 7.10. The second-order valence-electron chi connectivity index (χ2n) is 15.8. The van der Waals surface area contributed by atoms with Crippen molar-refractivity contribution < 1.29 is 34.4 Å². The van der Waals surface area contributed by atoms with Gasteiger partial charge >= 0.3 is 11.9 Å². The van der Waals surface area contributed by atoms with E-state index in [9.17, 15) is 24.9 Å². The molecular weight excluding hydrogens is 679 g/mol. The van der Waals surface area contributed by atoms with Crippen LogP contribution in [0, 0.1) is 35.0 Å². The lowest BCUT2D eigenvalue weighted by Gasteiger charge is -2.56. The normalized spacial score (nSPS) is 26.9. The predicted molar refractivity (Wildman–Crippen MR) is 206 cm³/mol. The van der Waals surface area contributed by atoms with E-state index in [4.69, 9.17) is 9.47 Å². The second-order valence-corrected chi connectivity index (χ2v) is 15.8. The zero-order valence-corrected chi connectivity index (χ0v) is 31.0. The number of rotatable bonds is 12. The van der Waals surface area contributed by atoms with Crippen LogP contribution < -0.4 is 5.32 Å². The number of carbonyl (C=O) groups excluding carboxylic acids is 2. The van der Waals surface area contributed by atoms with Crippen molar-refractivity contribution >= 4 is 17.5 Å². The molecule has 0 amide bonds. The number of phenols is 1. The lowest BCUT2D eigenvalue weighted by Crippen LogP contribution is -2.52. The van der Waals surface area contributed by atoms with E-state index in [1.807, 2.05) is 50.4 Å². The Kier molecular flexibility index (Phi) is 9.94. The van der Waals surface area contributed by atoms with Gasteiger partial charge in [-0.3, -0.25) is 0 Å². The molecule has 2 bridgehead atoms. The Labute approximate surface area is 316 Å². The van der Waals surface area contributed by atoms with Gasteiger partial charge in [0, 0.05) is 36.8 Å². The number of aliphatic hydroxyl groups excluding tert-OH is 2. The van der Waals surface area contributed by atoms with Crippen molar-refractivity contribution in [1.82, 2.24) is 5.32 Å². The number of aliphatic hydroxyl groups is 2. The summed E-state index contributed by atoms with van der Waals surface area (Å²) in [6.07, 6.45) is 8.62. The molecule has 1 saturated heterocycles. The number of esters is 2. The van der Waals surface area contributed by atoms with Crippen LogP contribution in [0.4, 0.5) is 0 Å². The Bertz CT molecular complexity index is 2090. The molecule has 0 aromatic heterocycles. The van der Waals surface area contributed by atoms with Gasteiger partial charge in [0.05, 0.1) is 11.0 Å². The first-order valence-corrected chi connectivity index (χ1v) is 19.4. The third-order valence-electron chi connectivity index (χ3n) is 12.5. The van der Waals surface area contributed by atoms with Crippen LogP contribution in [0.2, 0.25) is 0 Å². The number of hydrogen-bond donors (Lipinski definition) is 4. The van der Waals surface area contributed by atoms with Crippen LogP contribution in [-0.4, -0.2) is 47.5 Å². The van der Waals surface area contributed by atoms with E-state index in [1.165, 1.54) is 0 Å². The van der Waals surface area contributed by atoms with Gasteiger partial charge in [-0.25, -0.2) is 9.59 Å². The number of aromatic hydroxyl groups is 1. The van der Waals surface area contributed by atoms with Gasteiger partial charge in [-0.2, -0.15) is 0 Å². The summed E-state index contributed by atoms with van der Waals surface area (Å²) in [7, 11) is 1.92. The van der Waals surface area contributed by atoms with Crippen molar-refractivity contribution in [3.63, 3.8) is 0 Å². The van der Waals surface area contributed by atoms with Crippen LogP contribution in [0.15, 0.2) is 113 Å². The number of nitrogens with one attached hydrogen (secondary N) is 1. The Morgan fingerprint density at radius 2 is 1.74 bits per heavy atom. The quantitative estimate of drug-likeness (QED) is 0.142. The van der Waals surface area contributed by atoms with Gasteiger partial charge in [-0.05, 0) is 139 Å². The molecule has 280 valence electrons. The smallest absolute Gasteiger partial charge is 0.340 e. The molecule has 1 spiro atoms. The molecule has 8 nitrogen and oxygen atoms in total. The van der Waals surface area contributed by atoms with E-state index >= 15 is 0 Å². The summed E-state index contributed by atoms with van der Waals surface area (Å²) < 4.78 is 12.5. The highest BCUT2D eigenvalue weighted by Crippen LogP contribution is 2.72. The Morgan fingerprint density at radius 1 is 0.926 bits per heavy atom. The van der Waals surface area contributed by atoms with Gasteiger partial charge in [0.1, 0.15) is 17.3 Å². The molecule has 6 unspecified atom stereocenters. The molecule has 9 rings (SSSR count). The molecule has 54 heavy (non-hydrogen) atoms. The molecule has 2 heterocycles. The van der Waals surface area contributed by atoms with E-state index in [-0.39, 0.29) is 54.5 Å². The van der Waals surface area contributed by atoms with Gasteiger partial charge < -0.3 is 30.1 Å². The molecule has 4 N–H and O–H groups in total. The van der Waals surface area contributed by atoms with E-state index in [0.29, 0.717) is 61.3 Å². The first kappa shape index (κ1) is 36.2. The van der Waals surface area contributed by atoms with E-state index < -0.39 is 11.4 Å². The first-order chi connectivity index (χ1) is 26.3. The molecular formula is C46H49NO7. The SMILES string of the molecule is CNCc1cccc(-c2ccc(O)cc2C2=C3C(=O)OC(=CC(CCO)Cc4ccccc4)C34CCC2C2CCC3=C(C(=O)OC3=CCC(C)CO)C24)c1. The average Bonchev–Trinajstić information content (AvgIpc) is 3.66. The second kappa shape index (κ2) is 14.8. The highest BCUT2D eigenvalue weighted by atomic mass is 16.5. The Balaban J connectivity index is 1.35. The van der Waals surface area contributed by atoms with Crippen molar-refractivity contribution in [2.45, 2.75) is 58.4 Å². The largest absolute Gasteiger partial charge is 0.508 e. The number of benzene rings is 3. The first-order valence-electron chi connectivity index (χ1n) is 19.4. The fourth-order valence-corrected chi connectivity index (χ4v) is 10.2. The zero-order chi connectivity index (χ0) is 37.6. The summed E-state index contributed by atoms with van der Waals surface area (Å²) in [5.74, 6) is 0.0219. The van der Waals surface area contributed by atoms with Crippen molar-refractivity contribution in [2.75, 3.05) is 20.3 Å². The summed E-state index contributed by atoms with van der Waals surface area (Å²) in [5, 5.41) is 34.2. The standard InChI is InChI=1S/C46H49NO7/c1-27(26-49)11-16-38-36-15-14-35-34-17-19-46(42(35)41(36)44(51)53-38)39(23-29(18-20-48)21-28-7-4-3-5-8-28)54-45(52)43(46)40(34)37-24-32(50)12-13-33(37)31-10-6-9-30(22-31)25-47-2/h3-10,12-13,16,22-24,27,29,34-35,42,47-50H,11,14-15,17-21,25-26H2,1-2H3. The van der Waals surface area contributed by atoms with E-state index in [1.54, 1.807) is 12.1 Å². The molecule has 2 fully saturated rings. The molecule has 0 radical (unpaired) electrons. The van der Waals surface area contributed by atoms with Gasteiger partial charge in [0.25, 0.3) is 0 Å². The number of cyclic esters (lactones) is 2. The maximum atomic E-state index is 14.7. The van der Waals surface area contributed by atoms with Crippen molar-refractivity contribution in [1.29, 1.82) is 0 Å². The number of fused-ring (bicyclic) bond motifs is 1. The number of ether oxygens (including phenoxy) is 2. The van der Waals surface area contributed by atoms with E-state index in [0.717, 1.165) is 51.8 Å². The summed E-state index contributed by atoms with van der Waals surface area (Å²) in [6, 6.07) is 23.9. The lowest BCUT2D eigenvalue weighted by molar-refractivity contribution is -0.135. The maximum absolute atomic E-state index is 14.7. The highest BCUT2D eigenvalue weighted by Gasteiger charge is 2.68. The van der Waals surface area contributed by atoms with Crippen molar-refractivity contribution in [2.24, 2.45) is 35.0 Å². The minimum atomic E-state index is -0.930. The van der Waals surface area contributed by atoms with E-state index in [2.05, 4.69) is 41.7 Å². The maximum Gasteiger partial charge on any atom is 0.340 e. The molecule has 1 saturated carbocycles. The van der Waals surface area contributed by atoms with Crippen LogP contribution in [0.5, 0.6) is 5.75 Å². The van der Waals surface area contributed by atoms with Gasteiger partial charge in [-0.1, -0.05) is 61.5 Å². The topological polar surface area (TPSA) is 125 Å². The van der Waals surface area contributed by atoms with Crippen LogP contribution in [0.3, 0.4) is 0 Å². The average molecular weight is 728 g/mol.